The molecule has 0 saturated heterocycles. The highest BCUT2D eigenvalue weighted by molar-refractivity contribution is 9.10. The predicted molar refractivity (Wildman–Crippen MR) is 106 cm³/mol. The number of ketones is 1. The lowest BCUT2D eigenvalue weighted by Crippen LogP contribution is -2.22. The molecule has 0 saturated carbocycles. The normalized spacial score (nSPS) is 15.6. The van der Waals surface area contributed by atoms with Crippen LogP contribution in [0.1, 0.15) is 35.3 Å². The van der Waals surface area contributed by atoms with E-state index >= 15 is 0 Å². The fourth-order valence-corrected chi connectivity index (χ4v) is 4.44. The van der Waals surface area contributed by atoms with Gasteiger partial charge in [-0.25, -0.2) is 0 Å². The summed E-state index contributed by atoms with van der Waals surface area (Å²) in [5.74, 6) is 0.288. The van der Waals surface area contributed by atoms with E-state index in [-0.39, 0.29) is 5.78 Å². The first-order valence-electron chi connectivity index (χ1n) is 8.78. The quantitative estimate of drug-likeness (QED) is 0.365. The van der Waals surface area contributed by atoms with E-state index in [0.29, 0.717) is 13.2 Å². The molecule has 0 aliphatic heterocycles. The van der Waals surface area contributed by atoms with Gasteiger partial charge in [-0.2, -0.15) is 0 Å². The summed E-state index contributed by atoms with van der Waals surface area (Å²) in [6, 6.07) is 7.37. The van der Waals surface area contributed by atoms with Gasteiger partial charge in [-0.15, -0.1) is 0 Å². The van der Waals surface area contributed by atoms with Crippen LogP contribution in [-0.4, -0.2) is 25.0 Å². The van der Waals surface area contributed by atoms with Gasteiger partial charge in [-0.1, -0.05) is 41.6 Å². The van der Waals surface area contributed by atoms with E-state index in [1.54, 1.807) is 0 Å². The number of Topliss-reactive ketones (excluding diaryl/α,β-unsaturated/α-hetero) is 1. The summed E-state index contributed by atoms with van der Waals surface area (Å²) in [6.07, 6.45) is 3.69. The molecule has 0 unspecified atom stereocenters. The van der Waals surface area contributed by atoms with Crippen LogP contribution in [0.4, 0.5) is 0 Å². The topological polar surface area (TPSA) is 31.2 Å². The molecule has 0 spiro atoms. The number of carbonyl (C=O) groups excluding carboxylic acids is 1. The average molecular weight is 408 g/mol. The monoisotopic (exact) mass is 407 g/mol. The van der Waals surface area contributed by atoms with E-state index in [1.807, 2.05) is 6.07 Å². The second-order valence-corrected chi connectivity index (χ2v) is 14.4. The van der Waals surface area contributed by atoms with Crippen LogP contribution < -0.4 is 0 Å². The molecule has 5 heteroatoms. The maximum Gasteiger partial charge on any atom is 0.165 e. The molecule has 0 N–H and O–H groups in total. The zero-order valence-electron chi connectivity index (χ0n) is 14.8. The van der Waals surface area contributed by atoms with Gasteiger partial charge < -0.3 is 9.30 Å². The smallest absolute Gasteiger partial charge is 0.165 e. The van der Waals surface area contributed by atoms with E-state index in [4.69, 9.17) is 4.74 Å². The van der Waals surface area contributed by atoms with E-state index < -0.39 is 8.07 Å². The predicted octanol–water partition coefficient (Wildman–Crippen LogP) is 5.63. The van der Waals surface area contributed by atoms with Crippen molar-refractivity contribution in [2.24, 2.45) is 0 Å². The summed E-state index contributed by atoms with van der Waals surface area (Å²) in [5, 5.41) is 1.08. The SMILES string of the molecule is C[Si](C)(C)CCOCn1c2c(c3ccc(Br)cc31)C(=O)CCCC2. The van der Waals surface area contributed by atoms with Gasteiger partial charge in [-0.3, -0.25) is 4.79 Å². The first kappa shape index (κ1) is 17.9. The van der Waals surface area contributed by atoms with Gasteiger partial charge in [0.1, 0.15) is 6.73 Å². The Morgan fingerprint density at radius 2 is 1.96 bits per heavy atom. The minimum Gasteiger partial charge on any atom is -0.361 e. The highest BCUT2D eigenvalue weighted by atomic mass is 79.9. The Morgan fingerprint density at radius 3 is 2.71 bits per heavy atom. The number of hydrogen-bond donors (Lipinski definition) is 0. The third-order valence-corrected chi connectivity index (χ3v) is 6.89. The molecule has 1 heterocycles. The van der Waals surface area contributed by atoms with Crippen LogP contribution in [0.3, 0.4) is 0 Å². The highest BCUT2D eigenvalue weighted by Crippen LogP contribution is 2.33. The zero-order chi connectivity index (χ0) is 17.3. The zero-order valence-corrected chi connectivity index (χ0v) is 17.4. The number of aromatic nitrogens is 1. The highest BCUT2D eigenvalue weighted by Gasteiger charge is 2.24. The molecule has 3 nitrogen and oxygen atoms in total. The Morgan fingerprint density at radius 1 is 1.21 bits per heavy atom. The maximum absolute atomic E-state index is 12.6. The van der Waals surface area contributed by atoms with Gasteiger partial charge in [-0.05, 0) is 37.4 Å². The first-order chi connectivity index (χ1) is 11.4. The standard InChI is InChI=1S/C19H26BrNO2Si/c1-24(2,3)11-10-23-13-21-16-6-4-5-7-18(22)19(16)15-9-8-14(20)12-17(15)21/h8-9,12H,4-7,10-11,13H2,1-3H3. The molecule has 1 aromatic carbocycles. The van der Waals surface area contributed by atoms with Gasteiger partial charge >= 0.3 is 0 Å². The molecule has 0 fully saturated rings. The van der Waals surface area contributed by atoms with Crippen molar-refractivity contribution in [1.29, 1.82) is 0 Å². The summed E-state index contributed by atoms with van der Waals surface area (Å²) in [5.41, 5.74) is 3.21. The molecule has 0 bridgehead atoms. The van der Waals surface area contributed by atoms with E-state index in [1.165, 1.54) is 5.69 Å². The summed E-state index contributed by atoms with van der Waals surface area (Å²) < 4.78 is 9.28. The van der Waals surface area contributed by atoms with Crippen LogP contribution in [0.15, 0.2) is 22.7 Å². The maximum atomic E-state index is 12.6. The number of rotatable bonds is 5. The third kappa shape index (κ3) is 3.84. The van der Waals surface area contributed by atoms with Crippen LogP contribution in [0, 0.1) is 0 Å². The number of fused-ring (bicyclic) bond motifs is 3. The lowest BCUT2D eigenvalue weighted by atomic mass is 10.1. The van der Waals surface area contributed by atoms with Crippen molar-refractivity contribution < 1.29 is 9.53 Å². The molecule has 1 aliphatic carbocycles. The molecule has 1 aromatic heterocycles. The molecule has 1 aliphatic rings. The van der Waals surface area contributed by atoms with Crippen LogP contribution in [0.25, 0.3) is 10.9 Å². The fraction of sp³-hybridized carbons (Fsp3) is 0.526. The van der Waals surface area contributed by atoms with Gasteiger partial charge in [0, 0.05) is 42.2 Å². The van der Waals surface area contributed by atoms with Crippen LogP contribution in [-0.2, 0) is 17.9 Å². The number of benzene rings is 1. The third-order valence-electron chi connectivity index (χ3n) is 4.70. The summed E-state index contributed by atoms with van der Waals surface area (Å²) in [7, 11) is -1.09. The minimum absolute atomic E-state index is 0.288. The van der Waals surface area contributed by atoms with E-state index in [0.717, 1.165) is 52.9 Å². The molecule has 0 amide bonds. The van der Waals surface area contributed by atoms with Crippen molar-refractivity contribution in [2.75, 3.05) is 6.61 Å². The van der Waals surface area contributed by atoms with Crippen molar-refractivity contribution in [3.63, 3.8) is 0 Å². The molecule has 130 valence electrons. The van der Waals surface area contributed by atoms with Gasteiger partial charge in [0.25, 0.3) is 0 Å². The number of halogens is 1. The Bertz CT molecular complexity index is 761. The number of ether oxygens (including phenoxy) is 1. The Labute approximate surface area is 153 Å². The summed E-state index contributed by atoms with van der Waals surface area (Å²) in [4.78, 5) is 12.6. The Hall–Kier alpha value is -0.913. The molecule has 0 radical (unpaired) electrons. The second-order valence-electron chi connectivity index (χ2n) is 7.89. The van der Waals surface area contributed by atoms with Crippen LogP contribution in [0.2, 0.25) is 25.7 Å². The number of carbonyl (C=O) groups is 1. The van der Waals surface area contributed by atoms with Gasteiger partial charge in [0.2, 0.25) is 0 Å². The lowest BCUT2D eigenvalue weighted by molar-refractivity contribution is 0.0881. The van der Waals surface area contributed by atoms with Crippen molar-refractivity contribution in [2.45, 2.75) is 58.1 Å². The number of hydrogen-bond acceptors (Lipinski definition) is 2. The molecule has 24 heavy (non-hydrogen) atoms. The molecule has 2 aromatic rings. The lowest BCUT2D eigenvalue weighted by Gasteiger charge is -2.17. The van der Waals surface area contributed by atoms with E-state index in [9.17, 15) is 4.79 Å². The van der Waals surface area contributed by atoms with Crippen molar-refractivity contribution in [3.05, 3.63) is 33.9 Å². The van der Waals surface area contributed by atoms with Crippen molar-refractivity contribution in [1.82, 2.24) is 4.57 Å². The fourth-order valence-electron chi connectivity index (χ4n) is 3.33. The molecule has 0 atom stereocenters. The molecular formula is C19H26BrNO2Si. The largest absolute Gasteiger partial charge is 0.361 e. The summed E-state index contributed by atoms with van der Waals surface area (Å²) in [6.45, 7) is 8.43. The Balaban J connectivity index is 1.95. The molecular weight excluding hydrogens is 382 g/mol. The minimum atomic E-state index is -1.09. The van der Waals surface area contributed by atoms with Crippen LogP contribution >= 0.6 is 15.9 Å². The van der Waals surface area contributed by atoms with Crippen molar-refractivity contribution in [3.8, 4) is 0 Å². The Kier molecular flexibility index (Phi) is 5.32. The second kappa shape index (κ2) is 7.14. The number of nitrogens with zero attached hydrogens (tertiary/aromatic N) is 1. The average Bonchev–Trinajstić information content (AvgIpc) is 2.66. The molecule has 3 rings (SSSR count). The van der Waals surface area contributed by atoms with Crippen LogP contribution in [0.5, 0.6) is 0 Å². The summed E-state index contributed by atoms with van der Waals surface area (Å²) >= 11 is 3.56. The van der Waals surface area contributed by atoms with Crippen molar-refractivity contribution >= 4 is 40.7 Å². The van der Waals surface area contributed by atoms with E-state index in [2.05, 4.69) is 52.3 Å². The van der Waals surface area contributed by atoms with Gasteiger partial charge in [0.05, 0.1) is 5.52 Å². The first-order valence-corrected chi connectivity index (χ1v) is 13.3. The van der Waals surface area contributed by atoms with Gasteiger partial charge in [0.15, 0.2) is 5.78 Å².